The zero-order valence-electron chi connectivity index (χ0n) is 17.4. The third-order valence-corrected chi connectivity index (χ3v) is 5.59. The van der Waals surface area contributed by atoms with E-state index in [0.29, 0.717) is 23.5 Å². The quantitative estimate of drug-likeness (QED) is 0.390. The van der Waals surface area contributed by atoms with Crippen molar-refractivity contribution in [3.8, 4) is 10.6 Å². The molecule has 9 heteroatoms. The monoisotopic (exact) mass is 460 g/mol. The predicted octanol–water partition coefficient (Wildman–Crippen LogP) is 3.55. The number of hydrogen-bond acceptors (Lipinski definition) is 6. The van der Waals surface area contributed by atoms with E-state index in [4.69, 9.17) is 10.5 Å². The van der Waals surface area contributed by atoms with Gasteiger partial charge in [0.1, 0.15) is 11.3 Å². The number of nitrogens with zero attached hydrogens (tertiary/aromatic N) is 2. The summed E-state index contributed by atoms with van der Waals surface area (Å²) in [6.07, 6.45) is 1.63. The molecule has 2 heterocycles. The van der Waals surface area contributed by atoms with Crippen molar-refractivity contribution in [1.29, 1.82) is 0 Å². The van der Waals surface area contributed by atoms with E-state index in [0.717, 1.165) is 10.4 Å². The molecule has 3 N–H and O–H groups in total. The molecule has 8 nitrogen and oxygen atoms in total. The fourth-order valence-electron chi connectivity index (χ4n) is 3.14. The fraction of sp³-hybridized carbons (Fsp3) is 0.0833. The summed E-state index contributed by atoms with van der Waals surface area (Å²) in [4.78, 5) is 37.0. The minimum atomic E-state index is -0.642. The highest BCUT2D eigenvalue weighted by atomic mass is 32.1. The third kappa shape index (κ3) is 5.52. The summed E-state index contributed by atoms with van der Waals surface area (Å²) in [5.74, 6) is -1.71. The number of thiophene rings is 1. The maximum Gasteiger partial charge on any atom is 0.342 e. The summed E-state index contributed by atoms with van der Waals surface area (Å²) < 4.78 is 6.93. The third-order valence-electron chi connectivity index (χ3n) is 4.71. The maximum absolute atomic E-state index is 12.8. The maximum atomic E-state index is 12.8. The van der Waals surface area contributed by atoms with Crippen LogP contribution < -0.4 is 11.1 Å². The van der Waals surface area contributed by atoms with Crippen molar-refractivity contribution < 1.29 is 19.1 Å². The van der Waals surface area contributed by atoms with Crippen molar-refractivity contribution in [3.05, 3.63) is 95.0 Å². The Morgan fingerprint density at radius 1 is 1.00 bits per heavy atom. The molecule has 0 unspecified atom stereocenters. The molecule has 0 bridgehead atoms. The molecule has 0 aliphatic heterocycles. The van der Waals surface area contributed by atoms with Gasteiger partial charge in [-0.2, -0.15) is 5.10 Å². The number of hydrogen-bond donors (Lipinski definition) is 2. The largest absolute Gasteiger partial charge is 0.452 e. The Kier molecular flexibility index (Phi) is 6.61. The van der Waals surface area contributed by atoms with Crippen molar-refractivity contribution in [3.63, 3.8) is 0 Å². The van der Waals surface area contributed by atoms with Crippen LogP contribution in [0.15, 0.2) is 78.3 Å². The van der Waals surface area contributed by atoms with Gasteiger partial charge >= 0.3 is 5.97 Å². The molecule has 4 aromatic rings. The lowest BCUT2D eigenvalue weighted by Gasteiger charge is -2.07. The zero-order chi connectivity index (χ0) is 23.2. The molecular formula is C24H20N4O4S. The van der Waals surface area contributed by atoms with E-state index in [1.807, 2.05) is 47.8 Å². The molecule has 2 amide bonds. The van der Waals surface area contributed by atoms with Crippen LogP contribution in [-0.2, 0) is 16.1 Å². The van der Waals surface area contributed by atoms with Gasteiger partial charge in [-0.25, -0.2) is 4.79 Å². The van der Waals surface area contributed by atoms with Gasteiger partial charge in [0.05, 0.1) is 11.4 Å². The first-order valence-electron chi connectivity index (χ1n) is 10.0. The fourth-order valence-corrected chi connectivity index (χ4v) is 3.86. The minimum Gasteiger partial charge on any atom is -0.452 e. The van der Waals surface area contributed by atoms with Crippen molar-refractivity contribution in [2.75, 3.05) is 11.9 Å². The van der Waals surface area contributed by atoms with Crippen LogP contribution in [-0.4, -0.2) is 34.2 Å². The molecule has 166 valence electrons. The number of rotatable bonds is 8. The van der Waals surface area contributed by atoms with Crippen molar-refractivity contribution >= 4 is 34.8 Å². The molecule has 2 aromatic carbocycles. The van der Waals surface area contributed by atoms with Crippen LogP contribution in [0.1, 0.15) is 26.3 Å². The first-order chi connectivity index (χ1) is 16.0. The van der Waals surface area contributed by atoms with Crippen LogP contribution in [0.5, 0.6) is 0 Å². The summed E-state index contributed by atoms with van der Waals surface area (Å²) in [7, 11) is 0. The highest BCUT2D eigenvalue weighted by molar-refractivity contribution is 7.13. The van der Waals surface area contributed by atoms with Crippen LogP contribution in [0.4, 0.5) is 5.69 Å². The molecule has 0 radical (unpaired) electrons. The number of primary amides is 1. The van der Waals surface area contributed by atoms with E-state index in [1.165, 1.54) is 23.5 Å². The SMILES string of the molecule is NC(=O)c1ccc(NC(=O)COC(=O)c2cn(Cc3ccccc3)nc2-c2cccs2)cc1. The van der Waals surface area contributed by atoms with E-state index >= 15 is 0 Å². The number of nitrogens with one attached hydrogen (secondary N) is 1. The lowest BCUT2D eigenvalue weighted by Crippen LogP contribution is -2.21. The molecular weight excluding hydrogens is 440 g/mol. The minimum absolute atomic E-state index is 0.284. The zero-order valence-corrected chi connectivity index (χ0v) is 18.2. The van der Waals surface area contributed by atoms with Gasteiger partial charge in [0.25, 0.3) is 5.91 Å². The number of carbonyl (C=O) groups excluding carboxylic acids is 3. The Balaban J connectivity index is 1.44. The average Bonchev–Trinajstić information content (AvgIpc) is 3.49. The van der Waals surface area contributed by atoms with Crippen LogP contribution in [0.3, 0.4) is 0 Å². The number of ether oxygens (including phenoxy) is 1. The summed E-state index contributed by atoms with van der Waals surface area (Å²) in [5.41, 5.74) is 7.82. The summed E-state index contributed by atoms with van der Waals surface area (Å²) >= 11 is 1.46. The topological polar surface area (TPSA) is 116 Å². The second-order valence-electron chi connectivity index (χ2n) is 7.12. The first kappa shape index (κ1) is 22.0. The smallest absolute Gasteiger partial charge is 0.342 e. The van der Waals surface area contributed by atoms with Gasteiger partial charge in [-0.15, -0.1) is 11.3 Å². The van der Waals surface area contributed by atoms with Crippen LogP contribution in [0.25, 0.3) is 10.6 Å². The van der Waals surface area contributed by atoms with E-state index < -0.39 is 24.4 Å². The first-order valence-corrected chi connectivity index (χ1v) is 10.9. The second-order valence-corrected chi connectivity index (χ2v) is 8.07. The van der Waals surface area contributed by atoms with Gasteiger partial charge < -0.3 is 15.8 Å². The molecule has 0 aliphatic rings. The second kappa shape index (κ2) is 9.92. The Morgan fingerprint density at radius 3 is 2.42 bits per heavy atom. The predicted molar refractivity (Wildman–Crippen MR) is 125 cm³/mol. The van der Waals surface area contributed by atoms with E-state index in [1.54, 1.807) is 23.0 Å². The number of aromatic nitrogens is 2. The lowest BCUT2D eigenvalue weighted by atomic mass is 10.2. The normalized spacial score (nSPS) is 10.5. The standard InChI is InChI=1S/C24H20N4O4S/c25-23(30)17-8-10-18(11-9-17)26-21(29)15-32-24(31)19-14-28(13-16-5-2-1-3-6-16)27-22(19)20-7-4-12-33-20/h1-12,14H,13,15H2,(H2,25,30)(H,26,29). The molecule has 0 aliphatic carbocycles. The summed E-state index contributed by atoms with van der Waals surface area (Å²) in [6, 6.07) is 19.6. The summed E-state index contributed by atoms with van der Waals surface area (Å²) in [5, 5.41) is 9.08. The van der Waals surface area contributed by atoms with Crippen molar-refractivity contribution in [1.82, 2.24) is 9.78 Å². The molecule has 0 saturated carbocycles. The number of carbonyl (C=O) groups is 3. The Hall–Kier alpha value is -4.24. The Bertz CT molecular complexity index is 1270. The lowest BCUT2D eigenvalue weighted by molar-refractivity contribution is -0.119. The van der Waals surface area contributed by atoms with Crippen LogP contribution in [0, 0.1) is 0 Å². The van der Waals surface area contributed by atoms with Crippen molar-refractivity contribution in [2.45, 2.75) is 6.54 Å². The average molecular weight is 461 g/mol. The molecule has 4 rings (SSSR count). The number of amides is 2. The Labute approximate surface area is 193 Å². The number of esters is 1. The number of benzene rings is 2. The van der Waals surface area contributed by atoms with Gasteiger partial charge in [-0.05, 0) is 41.3 Å². The van der Waals surface area contributed by atoms with Gasteiger partial charge in [0.15, 0.2) is 6.61 Å². The van der Waals surface area contributed by atoms with Gasteiger partial charge in [-0.1, -0.05) is 36.4 Å². The van der Waals surface area contributed by atoms with E-state index in [2.05, 4.69) is 10.4 Å². The van der Waals surface area contributed by atoms with Crippen molar-refractivity contribution in [2.24, 2.45) is 5.73 Å². The molecule has 0 fully saturated rings. The highest BCUT2D eigenvalue weighted by Crippen LogP contribution is 2.27. The molecule has 0 spiro atoms. The highest BCUT2D eigenvalue weighted by Gasteiger charge is 2.21. The summed E-state index contributed by atoms with van der Waals surface area (Å²) in [6.45, 7) is 0.0262. The molecule has 33 heavy (non-hydrogen) atoms. The number of anilines is 1. The van der Waals surface area contributed by atoms with E-state index in [-0.39, 0.29) is 5.56 Å². The van der Waals surface area contributed by atoms with Gasteiger partial charge in [-0.3, -0.25) is 14.3 Å². The molecule has 0 atom stereocenters. The van der Waals surface area contributed by atoms with E-state index in [9.17, 15) is 14.4 Å². The number of nitrogens with two attached hydrogens (primary N) is 1. The molecule has 0 saturated heterocycles. The van der Waals surface area contributed by atoms with Gasteiger partial charge in [0.2, 0.25) is 5.91 Å². The van der Waals surface area contributed by atoms with Crippen LogP contribution in [0.2, 0.25) is 0 Å². The Morgan fingerprint density at radius 2 is 1.76 bits per heavy atom. The van der Waals surface area contributed by atoms with Gasteiger partial charge in [0, 0.05) is 17.4 Å². The van der Waals surface area contributed by atoms with Crippen LogP contribution >= 0.6 is 11.3 Å². The molecule has 2 aromatic heterocycles.